The molecule has 1 heterocycles. The number of para-hydroxylation sites is 1. The van der Waals surface area contributed by atoms with Crippen molar-refractivity contribution in [1.29, 1.82) is 0 Å². The fourth-order valence-electron chi connectivity index (χ4n) is 2.71. The molecule has 0 aromatic heterocycles. The van der Waals surface area contributed by atoms with Crippen molar-refractivity contribution in [1.82, 2.24) is 5.32 Å². The molecule has 0 bridgehead atoms. The number of thioether (sulfide) groups is 1. The molecule has 2 aromatic rings. The molecule has 3 rings (SSSR count). The highest BCUT2D eigenvalue weighted by atomic mass is 35.5. The number of fused-ring (bicyclic) bond motifs is 1. The Morgan fingerprint density at radius 3 is 2.71 bits per heavy atom. The van der Waals surface area contributed by atoms with Crippen LogP contribution in [-0.4, -0.2) is 36.2 Å². The zero-order valence-corrected chi connectivity index (χ0v) is 16.8. The molecule has 0 aliphatic carbocycles. The lowest BCUT2D eigenvalue weighted by Crippen LogP contribution is -2.42. The summed E-state index contributed by atoms with van der Waals surface area (Å²) >= 11 is 7.49. The lowest BCUT2D eigenvalue weighted by Gasteiger charge is -2.28. The van der Waals surface area contributed by atoms with Crippen LogP contribution in [0.5, 0.6) is 0 Å². The third-order valence-corrected chi connectivity index (χ3v) is 5.60. The molecule has 0 fully saturated rings. The summed E-state index contributed by atoms with van der Waals surface area (Å²) in [5.74, 6) is -0.987. The molecule has 0 saturated heterocycles. The highest BCUT2D eigenvalue weighted by Gasteiger charge is 2.28. The average molecular weight is 419 g/mol. The second kappa shape index (κ2) is 9.12. The van der Waals surface area contributed by atoms with Crippen LogP contribution in [-0.2, 0) is 25.7 Å². The number of ether oxygens (including phenoxy) is 1. The molecule has 0 saturated carbocycles. The van der Waals surface area contributed by atoms with Gasteiger partial charge in [0.2, 0.25) is 5.91 Å². The van der Waals surface area contributed by atoms with Crippen molar-refractivity contribution in [2.75, 3.05) is 17.2 Å². The maximum Gasteiger partial charge on any atom is 0.326 e. The van der Waals surface area contributed by atoms with E-state index in [0.29, 0.717) is 10.7 Å². The zero-order chi connectivity index (χ0) is 20.1. The quantitative estimate of drug-likeness (QED) is 0.730. The van der Waals surface area contributed by atoms with Crippen LogP contribution in [0.4, 0.5) is 5.69 Å². The van der Waals surface area contributed by atoms with E-state index in [-0.39, 0.29) is 24.7 Å². The average Bonchev–Trinajstić information content (AvgIpc) is 2.69. The van der Waals surface area contributed by atoms with E-state index in [0.717, 1.165) is 10.5 Å². The standard InChI is InChI=1S/C20H19ClN2O4S/c1-13(20(26)22-10-14-6-2-3-7-15(14)21)27-19(25)11-23-16-8-4-5-9-17(16)28-12-18(23)24/h2-9,13H,10-12H2,1H3,(H,22,26)/t13-/m1/s1. The number of hydrogen-bond acceptors (Lipinski definition) is 5. The van der Waals surface area contributed by atoms with Crippen molar-refractivity contribution in [3.8, 4) is 0 Å². The minimum atomic E-state index is -0.987. The first-order chi connectivity index (χ1) is 13.5. The molecule has 1 atom stereocenters. The van der Waals surface area contributed by atoms with Gasteiger partial charge in [0.15, 0.2) is 6.10 Å². The topological polar surface area (TPSA) is 75.7 Å². The fourth-order valence-corrected chi connectivity index (χ4v) is 3.85. The van der Waals surface area contributed by atoms with Gasteiger partial charge in [0, 0.05) is 16.5 Å². The molecule has 1 aliphatic heterocycles. The summed E-state index contributed by atoms with van der Waals surface area (Å²) in [5.41, 5.74) is 1.44. The van der Waals surface area contributed by atoms with E-state index in [2.05, 4.69) is 5.32 Å². The Morgan fingerprint density at radius 1 is 1.21 bits per heavy atom. The predicted octanol–water partition coefficient (Wildman–Crippen LogP) is 3.03. The monoisotopic (exact) mass is 418 g/mol. The van der Waals surface area contributed by atoms with Crippen LogP contribution in [0.2, 0.25) is 5.02 Å². The number of rotatable bonds is 6. The predicted molar refractivity (Wildman–Crippen MR) is 108 cm³/mol. The number of amides is 2. The summed E-state index contributed by atoms with van der Waals surface area (Å²) < 4.78 is 5.21. The van der Waals surface area contributed by atoms with Crippen LogP contribution in [0.25, 0.3) is 0 Å². The highest BCUT2D eigenvalue weighted by molar-refractivity contribution is 8.00. The van der Waals surface area contributed by atoms with E-state index in [1.165, 1.54) is 23.6 Å². The van der Waals surface area contributed by atoms with E-state index in [9.17, 15) is 14.4 Å². The number of carbonyl (C=O) groups excluding carboxylic acids is 3. The van der Waals surface area contributed by atoms with Crippen molar-refractivity contribution in [3.05, 3.63) is 59.1 Å². The molecule has 1 aliphatic rings. The van der Waals surface area contributed by atoms with Crippen molar-refractivity contribution >= 4 is 46.8 Å². The Labute approximate surface area is 172 Å². The minimum Gasteiger partial charge on any atom is -0.451 e. The summed E-state index contributed by atoms with van der Waals surface area (Å²) in [7, 11) is 0. The molecule has 6 nitrogen and oxygen atoms in total. The molecular weight excluding hydrogens is 400 g/mol. The van der Waals surface area contributed by atoms with Gasteiger partial charge in [0.1, 0.15) is 6.54 Å². The Bertz CT molecular complexity index is 905. The Morgan fingerprint density at radius 2 is 1.93 bits per heavy atom. The second-order valence-electron chi connectivity index (χ2n) is 6.18. The number of benzene rings is 2. The number of nitrogens with zero attached hydrogens (tertiary/aromatic N) is 1. The van der Waals surface area contributed by atoms with Crippen LogP contribution in [0.1, 0.15) is 12.5 Å². The first kappa shape index (κ1) is 20.2. The number of nitrogens with one attached hydrogen (secondary N) is 1. The molecule has 0 radical (unpaired) electrons. The highest BCUT2D eigenvalue weighted by Crippen LogP contribution is 2.34. The van der Waals surface area contributed by atoms with Crippen LogP contribution in [0.15, 0.2) is 53.4 Å². The summed E-state index contributed by atoms with van der Waals surface area (Å²) in [6.45, 7) is 1.48. The third kappa shape index (κ3) is 4.85. The van der Waals surface area contributed by atoms with Crippen molar-refractivity contribution in [2.45, 2.75) is 24.5 Å². The lowest BCUT2D eigenvalue weighted by atomic mass is 10.2. The smallest absolute Gasteiger partial charge is 0.326 e. The Balaban J connectivity index is 1.55. The first-order valence-corrected chi connectivity index (χ1v) is 10.0. The number of anilines is 1. The van der Waals surface area contributed by atoms with Gasteiger partial charge in [0.05, 0.1) is 11.4 Å². The van der Waals surface area contributed by atoms with E-state index in [4.69, 9.17) is 16.3 Å². The van der Waals surface area contributed by atoms with E-state index < -0.39 is 18.0 Å². The third-order valence-electron chi connectivity index (χ3n) is 4.18. The molecular formula is C20H19ClN2O4S. The van der Waals surface area contributed by atoms with Gasteiger partial charge in [-0.1, -0.05) is 41.9 Å². The molecule has 8 heteroatoms. The Kier molecular flexibility index (Phi) is 6.59. The van der Waals surface area contributed by atoms with Gasteiger partial charge in [-0.25, -0.2) is 0 Å². The zero-order valence-electron chi connectivity index (χ0n) is 15.2. The van der Waals surface area contributed by atoms with Gasteiger partial charge in [-0.05, 0) is 30.7 Å². The van der Waals surface area contributed by atoms with Crippen LogP contribution in [0.3, 0.4) is 0 Å². The van der Waals surface area contributed by atoms with Gasteiger partial charge in [0.25, 0.3) is 5.91 Å². The summed E-state index contributed by atoms with van der Waals surface area (Å²) in [6.07, 6.45) is -0.987. The maximum absolute atomic E-state index is 12.3. The largest absolute Gasteiger partial charge is 0.451 e. The molecule has 0 unspecified atom stereocenters. The van der Waals surface area contributed by atoms with Crippen LogP contribution in [0, 0.1) is 0 Å². The molecule has 1 N–H and O–H groups in total. The van der Waals surface area contributed by atoms with Crippen LogP contribution >= 0.6 is 23.4 Å². The second-order valence-corrected chi connectivity index (χ2v) is 7.60. The molecule has 2 amide bonds. The molecule has 146 valence electrons. The van der Waals surface area contributed by atoms with Crippen molar-refractivity contribution in [3.63, 3.8) is 0 Å². The van der Waals surface area contributed by atoms with E-state index >= 15 is 0 Å². The van der Waals surface area contributed by atoms with Gasteiger partial charge in [-0.3, -0.25) is 19.3 Å². The number of halogens is 1. The SMILES string of the molecule is C[C@@H](OC(=O)CN1C(=O)CSc2ccccc21)C(=O)NCc1ccccc1Cl. The number of hydrogen-bond donors (Lipinski definition) is 1. The van der Waals surface area contributed by atoms with Crippen molar-refractivity contribution in [2.24, 2.45) is 0 Å². The van der Waals surface area contributed by atoms with Gasteiger partial charge < -0.3 is 10.1 Å². The summed E-state index contributed by atoms with van der Waals surface area (Å²) in [6, 6.07) is 14.5. The van der Waals surface area contributed by atoms with E-state index in [1.807, 2.05) is 18.2 Å². The summed E-state index contributed by atoms with van der Waals surface area (Å²) in [4.78, 5) is 39.0. The van der Waals surface area contributed by atoms with Gasteiger partial charge in [-0.2, -0.15) is 0 Å². The van der Waals surface area contributed by atoms with Crippen molar-refractivity contribution < 1.29 is 19.1 Å². The summed E-state index contributed by atoms with van der Waals surface area (Å²) in [5, 5.41) is 3.24. The Hall–Kier alpha value is -2.51. The normalized spacial score (nSPS) is 14.2. The molecule has 0 spiro atoms. The van der Waals surface area contributed by atoms with Gasteiger partial charge >= 0.3 is 5.97 Å². The fraction of sp³-hybridized carbons (Fsp3) is 0.250. The maximum atomic E-state index is 12.3. The van der Waals surface area contributed by atoms with Crippen LogP contribution < -0.4 is 10.2 Å². The van der Waals surface area contributed by atoms with Gasteiger partial charge in [-0.15, -0.1) is 11.8 Å². The molecule has 2 aromatic carbocycles. The number of esters is 1. The first-order valence-electron chi connectivity index (χ1n) is 8.68. The van der Waals surface area contributed by atoms with E-state index in [1.54, 1.807) is 30.3 Å². The lowest BCUT2D eigenvalue weighted by molar-refractivity contribution is -0.153. The number of carbonyl (C=O) groups is 3. The molecule has 28 heavy (non-hydrogen) atoms. The minimum absolute atomic E-state index is 0.170.